The van der Waals surface area contributed by atoms with Crippen molar-refractivity contribution in [3.8, 4) is 0 Å². The molecule has 0 saturated carbocycles. The van der Waals surface area contributed by atoms with Gasteiger partial charge in [-0.15, -0.1) is 24.0 Å². The highest BCUT2D eigenvalue weighted by molar-refractivity contribution is 14.0. The highest BCUT2D eigenvalue weighted by Gasteiger charge is 2.13. The van der Waals surface area contributed by atoms with Crippen LogP contribution < -0.4 is 10.6 Å². The number of aryl methyl sites for hydroxylation is 2. The first-order valence-corrected chi connectivity index (χ1v) is 8.89. The van der Waals surface area contributed by atoms with E-state index in [9.17, 15) is 4.39 Å². The van der Waals surface area contributed by atoms with Gasteiger partial charge in [0, 0.05) is 31.4 Å². The van der Waals surface area contributed by atoms with E-state index in [0.717, 1.165) is 36.6 Å². The maximum atomic E-state index is 13.0. The van der Waals surface area contributed by atoms with E-state index in [0.29, 0.717) is 13.1 Å². The van der Waals surface area contributed by atoms with Gasteiger partial charge in [-0.1, -0.05) is 26.0 Å². The molecule has 26 heavy (non-hydrogen) atoms. The van der Waals surface area contributed by atoms with Gasteiger partial charge in [-0.25, -0.2) is 9.38 Å². The van der Waals surface area contributed by atoms with Crippen LogP contribution in [0.15, 0.2) is 29.3 Å². The minimum Gasteiger partial charge on any atom is -0.357 e. The SMILES string of the molecule is CCNC(=NCc1ccc(F)cc1)NCc1c(CC)nn(C)c1CC.I. The van der Waals surface area contributed by atoms with Gasteiger partial charge in [-0.3, -0.25) is 4.68 Å². The third-order valence-corrected chi connectivity index (χ3v) is 4.14. The van der Waals surface area contributed by atoms with Gasteiger partial charge in [0.1, 0.15) is 5.82 Å². The van der Waals surface area contributed by atoms with Gasteiger partial charge in [-0.05, 0) is 37.5 Å². The quantitative estimate of drug-likeness (QED) is 0.368. The number of nitrogens with one attached hydrogen (secondary N) is 2. The molecule has 0 bridgehead atoms. The molecule has 2 rings (SSSR count). The molecule has 1 aromatic heterocycles. The van der Waals surface area contributed by atoms with E-state index in [2.05, 4.69) is 34.6 Å². The summed E-state index contributed by atoms with van der Waals surface area (Å²) < 4.78 is 15.0. The molecular weight excluding hydrogens is 444 g/mol. The zero-order chi connectivity index (χ0) is 18.2. The summed E-state index contributed by atoms with van der Waals surface area (Å²) in [4.78, 5) is 4.59. The highest BCUT2D eigenvalue weighted by atomic mass is 127. The van der Waals surface area contributed by atoms with Crippen molar-refractivity contribution in [3.63, 3.8) is 0 Å². The van der Waals surface area contributed by atoms with Gasteiger partial charge < -0.3 is 10.6 Å². The molecule has 0 unspecified atom stereocenters. The van der Waals surface area contributed by atoms with E-state index in [1.807, 2.05) is 18.7 Å². The second-order valence-corrected chi connectivity index (χ2v) is 5.88. The predicted molar refractivity (Wildman–Crippen MR) is 115 cm³/mol. The average molecular weight is 473 g/mol. The Balaban J connectivity index is 0.00000338. The molecule has 0 amide bonds. The van der Waals surface area contributed by atoms with Crippen LogP contribution in [0.1, 0.15) is 43.3 Å². The number of hydrogen-bond donors (Lipinski definition) is 2. The van der Waals surface area contributed by atoms with Crippen LogP contribution in [0.2, 0.25) is 0 Å². The fourth-order valence-corrected chi connectivity index (χ4v) is 2.87. The number of hydrogen-bond acceptors (Lipinski definition) is 2. The van der Waals surface area contributed by atoms with Crippen molar-refractivity contribution < 1.29 is 4.39 Å². The lowest BCUT2D eigenvalue weighted by Gasteiger charge is -2.12. The summed E-state index contributed by atoms with van der Waals surface area (Å²) >= 11 is 0. The first-order chi connectivity index (χ1) is 12.1. The van der Waals surface area contributed by atoms with E-state index < -0.39 is 0 Å². The molecule has 0 aliphatic rings. The molecule has 144 valence electrons. The van der Waals surface area contributed by atoms with Crippen molar-refractivity contribution in [2.24, 2.45) is 12.0 Å². The third-order valence-electron chi connectivity index (χ3n) is 4.14. The number of halogens is 2. The smallest absolute Gasteiger partial charge is 0.191 e. The van der Waals surface area contributed by atoms with Crippen molar-refractivity contribution in [2.45, 2.75) is 46.7 Å². The monoisotopic (exact) mass is 473 g/mol. The van der Waals surface area contributed by atoms with Gasteiger partial charge in [0.25, 0.3) is 0 Å². The Hall–Kier alpha value is -1.64. The number of guanidine groups is 1. The topological polar surface area (TPSA) is 54.2 Å². The van der Waals surface area contributed by atoms with E-state index >= 15 is 0 Å². The molecule has 0 atom stereocenters. The summed E-state index contributed by atoms with van der Waals surface area (Å²) in [6, 6.07) is 6.44. The molecule has 0 aliphatic heterocycles. The Labute approximate surface area is 172 Å². The lowest BCUT2D eigenvalue weighted by Crippen LogP contribution is -2.37. The Bertz CT molecular complexity index is 709. The van der Waals surface area contributed by atoms with Gasteiger partial charge in [0.15, 0.2) is 5.96 Å². The zero-order valence-corrected chi connectivity index (χ0v) is 18.3. The number of benzene rings is 1. The third kappa shape index (κ3) is 5.96. The second-order valence-electron chi connectivity index (χ2n) is 5.88. The normalized spacial score (nSPS) is 11.2. The molecule has 0 saturated heterocycles. The van der Waals surface area contributed by atoms with Crippen LogP contribution in [0.25, 0.3) is 0 Å². The minimum atomic E-state index is -0.228. The molecule has 2 N–H and O–H groups in total. The minimum absolute atomic E-state index is 0. The van der Waals surface area contributed by atoms with Crippen LogP contribution in [-0.4, -0.2) is 22.3 Å². The Kier molecular flexibility index (Phi) is 9.61. The van der Waals surface area contributed by atoms with Crippen molar-refractivity contribution in [2.75, 3.05) is 6.54 Å². The number of aliphatic imine (C=N–C) groups is 1. The largest absolute Gasteiger partial charge is 0.357 e. The molecule has 0 radical (unpaired) electrons. The lowest BCUT2D eigenvalue weighted by molar-refractivity contribution is 0.627. The summed E-state index contributed by atoms with van der Waals surface area (Å²) in [6.07, 6.45) is 1.86. The van der Waals surface area contributed by atoms with Gasteiger partial charge in [-0.2, -0.15) is 5.10 Å². The Morgan fingerprint density at radius 2 is 1.81 bits per heavy atom. The van der Waals surface area contributed by atoms with Crippen molar-refractivity contribution >= 4 is 29.9 Å². The highest BCUT2D eigenvalue weighted by Crippen LogP contribution is 2.15. The standard InChI is InChI=1S/C19H28FN5.HI/c1-5-17-16(18(6-2)25(4)24-17)13-23-19(21-7-3)22-12-14-8-10-15(20)11-9-14;/h8-11H,5-7,12-13H2,1-4H3,(H2,21,22,23);1H. The molecular formula is C19H29FIN5. The van der Waals surface area contributed by atoms with E-state index in [-0.39, 0.29) is 29.8 Å². The van der Waals surface area contributed by atoms with E-state index in [4.69, 9.17) is 0 Å². The second kappa shape index (κ2) is 11.2. The van der Waals surface area contributed by atoms with Gasteiger partial charge in [0.2, 0.25) is 0 Å². The first kappa shape index (κ1) is 22.4. The Morgan fingerprint density at radius 1 is 1.12 bits per heavy atom. The molecule has 1 heterocycles. The number of aromatic nitrogens is 2. The van der Waals surface area contributed by atoms with Crippen LogP contribution in [0.3, 0.4) is 0 Å². The lowest BCUT2D eigenvalue weighted by atomic mass is 10.1. The van der Waals surface area contributed by atoms with Crippen molar-refractivity contribution in [3.05, 3.63) is 52.6 Å². The Morgan fingerprint density at radius 3 is 2.38 bits per heavy atom. The van der Waals surface area contributed by atoms with Crippen molar-refractivity contribution in [1.82, 2.24) is 20.4 Å². The van der Waals surface area contributed by atoms with Crippen LogP contribution in [0.5, 0.6) is 0 Å². The summed E-state index contributed by atoms with van der Waals surface area (Å²) in [5.41, 5.74) is 4.60. The molecule has 7 heteroatoms. The van der Waals surface area contributed by atoms with Crippen LogP contribution in [-0.2, 0) is 33.0 Å². The van der Waals surface area contributed by atoms with Crippen LogP contribution in [0.4, 0.5) is 4.39 Å². The fourth-order valence-electron chi connectivity index (χ4n) is 2.87. The number of rotatable bonds is 7. The number of nitrogens with zero attached hydrogens (tertiary/aromatic N) is 3. The molecule has 5 nitrogen and oxygen atoms in total. The van der Waals surface area contributed by atoms with Crippen LogP contribution in [0, 0.1) is 5.82 Å². The van der Waals surface area contributed by atoms with Crippen LogP contribution >= 0.6 is 24.0 Å². The van der Waals surface area contributed by atoms with Gasteiger partial charge >= 0.3 is 0 Å². The molecule has 2 aromatic rings. The van der Waals surface area contributed by atoms with Gasteiger partial charge in [0.05, 0.1) is 12.2 Å². The van der Waals surface area contributed by atoms with E-state index in [1.54, 1.807) is 12.1 Å². The molecule has 0 aliphatic carbocycles. The summed E-state index contributed by atoms with van der Waals surface area (Å²) in [5, 5.41) is 11.3. The average Bonchev–Trinajstić information content (AvgIpc) is 2.93. The molecule has 0 fully saturated rings. The predicted octanol–water partition coefficient (Wildman–Crippen LogP) is 3.56. The molecule has 1 aromatic carbocycles. The van der Waals surface area contributed by atoms with E-state index in [1.165, 1.54) is 23.4 Å². The zero-order valence-electron chi connectivity index (χ0n) is 16.0. The van der Waals surface area contributed by atoms with Crippen molar-refractivity contribution in [1.29, 1.82) is 0 Å². The fraction of sp³-hybridized carbons (Fsp3) is 0.474. The summed E-state index contributed by atoms with van der Waals surface area (Å²) in [5.74, 6) is 0.522. The first-order valence-electron chi connectivity index (χ1n) is 8.89. The summed E-state index contributed by atoms with van der Waals surface area (Å²) in [7, 11) is 2.00. The maximum Gasteiger partial charge on any atom is 0.191 e. The molecule has 0 spiro atoms. The summed E-state index contributed by atoms with van der Waals surface area (Å²) in [6.45, 7) is 8.28. The maximum absolute atomic E-state index is 13.0.